The minimum Gasteiger partial charge on any atom is -0.506 e. The van der Waals surface area contributed by atoms with Crippen molar-refractivity contribution in [1.29, 1.82) is 0 Å². The SMILES string of the molecule is COc1ccc2c(c1)-c1cc(c(F)cc1Cl)NSc1cc(cc(Br)c1O)C(=O)NCC(C)O2. The minimum absolute atomic E-state index is 0.0743. The van der Waals surface area contributed by atoms with Crippen molar-refractivity contribution in [1.82, 2.24) is 5.32 Å². The van der Waals surface area contributed by atoms with E-state index in [0.29, 0.717) is 37.6 Å². The summed E-state index contributed by atoms with van der Waals surface area (Å²) >= 11 is 10.6. The van der Waals surface area contributed by atoms with Gasteiger partial charge in [0.25, 0.3) is 5.91 Å². The zero-order valence-corrected chi connectivity index (χ0v) is 20.7. The molecule has 6 nitrogen and oxygen atoms in total. The fourth-order valence-corrected chi connectivity index (χ4v) is 4.88. The third-order valence-corrected chi connectivity index (χ3v) is 6.74. The molecule has 1 aliphatic heterocycles. The van der Waals surface area contributed by atoms with Crippen LogP contribution in [0.15, 0.2) is 51.8 Å². The van der Waals surface area contributed by atoms with Gasteiger partial charge in [0.15, 0.2) is 0 Å². The molecule has 0 radical (unpaired) electrons. The topological polar surface area (TPSA) is 79.8 Å². The highest BCUT2D eigenvalue weighted by Crippen LogP contribution is 2.42. The van der Waals surface area contributed by atoms with Crippen molar-refractivity contribution in [2.75, 3.05) is 18.4 Å². The number of aromatic hydroxyl groups is 1. The first kappa shape index (κ1) is 23.5. The van der Waals surface area contributed by atoms with Gasteiger partial charge in [-0.15, -0.1) is 0 Å². The van der Waals surface area contributed by atoms with E-state index in [1.807, 2.05) is 6.92 Å². The molecule has 0 spiro atoms. The Bertz CT molecular complexity index is 1240. The van der Waals surface area contributed by atoms with Crippen LogP contribution in [0.1, 0.15) is 17.3 Å². The molecule has 3 aromatic rings. The first-order chi connectivity index (χ1) is 15.8. The van der Waals surface area contributed by atoms with Gasteiger partial charge in [0.1, 0.15) is 29.2 Å². The Morgan fingerprint density at radius 2 is 2.03 bits per heavy atom. The Balaban J connectivity index is 1.87. The van der Waals surface area contributed by atoms with Gasteiger partial charge in [-0.3, -0.25) is 4.79 Å². The molecule has 172 valence electrons. The molecule has 1 atom stereocenters. The van der Waals surface area contributed by atoms with Gasteiger partial charge >= 0.3 is 0 Å². The highest BCUT2D eigenvalue weighted by Gasteiger charge is 2.20. The number of fused-ring (bicyclic) bond motifs is 6. The fraction of sp³-hybridized carbons (Fsp3) is 0.174. The normalized spacial score (nSPS) is 15.8. The number of benzene rings is 3. The first-order valence-electron chi connectivity index (χ1n) is 9.84. The summed E-state index contributed by atoms with van der Waals surface area (Å²) < 4.78 is 29.4. The molecule has 1 amide bonds. The van der Waals surface area contributed by atoms with E-state index in [1.54, 1.807) is 31.4 Å². The molecule has 3 N–H and O–H groups in total. The molecule has 3 aromatic carbocycles. The lowest BCUT2D eigenvalue weighted by molar-refractivity contribution is 0.0932. The Morgan fingerprint density at radius 3 is 2.79 bits per heavy atom. The summed E-state index contributed by atoms with van der Waals surface area (Å²) in [7, 11) is 1.54. The molecule has 0 saturated carbocycles. The maximum absolute atomic E-state index is 14.8. The van der Waals surface area contributed by atoms with E-state index >= 15 is 0 Å². The molecule has 1 unspecified atom stereocenters. The number of phenols is 1. The van der Waals surface area contributed by atoms with Gasteiger partial charge in [0, 0.05) is 16.7 Å². The summed E-state index contributed by atoms with van der Waals surface area (Å²) in [4.78, 5) is 13.1. The van der Waals surface area contributed by atoms with E-state index in [-0.39, 0.29) is 28.9 Å². The number of hydrogen-bond acceptors (Lipinski definition) is 6. The Hall–Kier alpha value is -2.62. The van der Waals surface area contributed by atoms with Crippen molar-refractivity contribution in [2.45, 2.75) is 17.9 Å². The van der Waals surface area contributed by atoms with Crippen LogP contribution in [0.4, 0.5) is 10.1 Å². The van der Waals surface area contributed by atoms with Crippen LogP contribution >= 0.6 is 39.5 Å². The number of hydrogen-bond donors (Lipinski definition) is 3. The standard InChI is InChI=1S/C23H19BrClFN2O4S/c1-11-10-27-23(30)12-5-16(24)22(29)21(6-12)33-28-19-8-14(17(25)9-18(19)26)15-7-13(31-2)3-4-20(15)32-11/h3-9,11,28-29H,10H2,1-2H3,(H,27,30). The summed E-state index contributed by atoms with van der Waals surface area (Å²) in [6.45, 7) is 2.05. The van der Waals surface area contributed by atoms with E-state index in [4.69, 9.17) is 21.1 Å². The highest BCUT2D eigenvalue weighted by atomic mass is 79.9. The quantitative estimate of drug-likeness (QED) is 0.309. The number of carbonyl (C=O) groups excluding carboxylic acids is 1. The summed E-state index contributed by atoms with van der Waals surface area (Å²) in [5.74, 6) is 0.0842. The minimum atomic E-state index is -0.577. The molecule has 0 fully saturated rings. The number of carbonyl (C=O) groups is 1. The molecule has 0 aromatic heterocycles. The van der Waals surface area contributed by atoms with Crippen LogP contribution < -0.4 is 19.5 Å². The second-order valence-corrected chi connectivity index (χ2v) is 9.43. The molecule has 1 heterocycles. The Kier molecular flexibility index (Phi) is 6.92. The van der Waals surface area contributed by atoms with Crippen LogP contribution in [0, 0.1) is 5.82 Å². The molecule has 1 aliphatic rings. The molecular weight excluding hydrogens is 535 g/mol. The van der Waals surface area contributed by atoms with Crippen LogP contribution in [0.3, 0.4) is 0 Å². The predicted molar refractivity (Wildman–Crippen MR) is 131 cm³/mol. The smallest absolute Gasteiger partial charge is 0.251 e. The summed E-state index contributed by atoms with van der Waals surface area (Å²) in [5, 5.41) is 13.4. The Morgan fingerprint density at radius 1 is 1.24 bits per heavy atom. The van der Waals surface area contributed by atoms with Gasteiger partial charge in [-0.05, 0) is 77.3 Å². The van der Waals surface area contributed by atoms with E-state index < -0.39 is 11.9 Å². The molecular formula is C23H19BrClFN2O4S. The lowest BCUT2D eigenvalue weighted by atomic mass is 10.0. The largest absolute Gasteiger partial charge is 0.506 e. The van der Waals surface area contributed by atoms with E-state index in [2.05, 4.69) is 26.0 Å². The Labute approximate surface area is 207 Å². The van der Waals surface area contributed by atoms with Gasteiger partial charge in [0.2, 0.25) is 0 Å². The van der Waals surface area contributed by atoms with Crippen molar-refractivity contribution >= 4 is 51.1 Å². The average molecular weight is 554 g/mol. The number of rotatable bonds is 1. The number of nitrogens with one attached hydrogen (secondary N) is 2. The molecule has 0 saturated heterocycles. The molecule has 4 rings (SSSR count). The van der Waals surface area contributed by atoms with E-state index in [1.165, 1.54) is 18.2 Å². The van der Waals surface area contributed by atoms with Crippen LogP contribution in [-0.2, 0) is 0 Å². The van der Waals surface area contributed by atoms with E-state index in [9.17, 15) is 14.3 Å². The first-order valence-corrected chi connectivity index (χ1v) is 11.8. The summed E-state index contributed by atoms with van der Waals surface area (Å²) in [6.07, 6.45) is -0.391. The third kappa shape index (κ3) is 5.00. The summed E-state index contributed by atoms with van der Waals surface area (Å²) in [6, 6.07) is 11.0. The number of amides is 1. The van der Waals surface area contributed by atoms with Gasteiger partial charge in [-0.25, -0.2) is 4.39 Å². The zero-order valence-electron chi connectivity index (χ0n) is 17.5. The van der Waals surface area contributed by atoms with Crippen LogP contribution in [0.2, 0.25) is 5.02 Å². The van der Waals surface area contributed by atoms with Crippen molar-refractivity contribution in [3.8, 4) is 28.4 Å². The maximum atomic E-state index is 14.8. The molecule has 33 heavy (non-hydrogen) atoms. The van der Waals surface area contributed by atoms with Crippen molar-refractivity contribution in [3.05, 3.63) is 63.3 Å². The molecule has 4 bridgehead atoms. The number of ether oxygens (including phenoxy) is 2. The predicted octanol–water partition coefficient (Wildman–Crippen LogP) is 6.25. The zero-order chi connectivity index (χ0) is 23.7. The van der Waals surface area contributed by atoms with Crippen LogP contribution in [-0.4, -0.2) is 30.8 Å². The van der Waals surface area contributed by atoms with Gasteiger partial charge in [-0.2, -0.15) is 0 Å². The third-order valence-electron chi connectivity index (χ3n) is 4.97. The summed E-state index contributed by atoms with van der Waals surface area (Å²) in [5.41, 5.74) is 1.60. The second-order valence-electron chi connectivity index (χ2n) is 7.32. The number of methoxy groups -OCH3 is 1. The average Bonchev–Trinajstić information content (AvgIpc) is 2.79. The fourth-order valence-electron chi connectivity index (χ4n) is 3.27. The second kappa shape index (κ2) is 9.70. The highest BCUT2D eigenvalue weighted by molar-refractivity contribution is 9.10. The van der Waals surface area contributed by atoms with E-state index in [0.717, 1.165) is 11.9 Å². The van der Waals surface area contributed by atoms with Crippen molar-refractivity contribution in [2.24, 2.45) is 0 Å². The molecule has 0 aliphatic carbocycles. The van der Waals surface area contributed by atoms with Gasteiger partial charge in [0.05, 0.1) is 33.7 Å². The van der Waals surface area contributed by atoms with Gasteiger partial charge in [-0.1, -0.05) is 11.6 Å². The number of phenolic OH excluding ortho intramolecular Hbond substituents is 1. The van der Waals surface area contributed by atoms with Gasteiger partial charge < -0.3 is 24.6 Å². The monoisotopic (exact) mass is 552 g/mol. The van der Waals surface area contributed by atoms with Crippen LogP contribution in [0.5, 0.6) is 17.2 Å². The van der Waals surface area contributed by atoms with Crippen molar-refractivity contribution in [3.63, 3.8) is 0 Å². The lowest BCUT2D eigenvalue weighted by Crippen LogP contribution is -2.33. The van der Waals surface area contributed by atoms with Crippen molar-refractivity contribution < 1.29 is 23.8 Å². The number of anilines is 1. The molecule has 10 heteroatoms. The lowest BCUT2D eigenvalue weighted by Gasteiger charge is -2.20. The number of halogens is 3. The van der Waals surface area contributed by atoms with Crippen LogP contribution in [0.25, 0.3) is 11.1 Å². The maximum Gasteiger partial charge on any atom is 0.251 e.